The molecule has 2 aromatic carbocycles. The number of likely N-dealkylation sites (tertiary alicyclic amines) is 2. The zero-order valence-corrected chi connectivity index (χ0v) is 41.7. The number of ether oxygens (including phenoxy) is 2. The Morgan fingerprint density at radius 2 is 1.72 bits per heavy atom. The largest absolute Gasteiger partial charge is 0.453 e. The maximum absolute atomic E-state index is 16.0. The van der Waals surface area contributed by atoms with Crippen LogP contribution in [0.3, 0.4) is 0 Å². The number of aromatic amines is 1. The highest BCUT2D eigenvalue weighted by Gasteiger charge is 2.50. The molecular weight excluding hydrogens is 944 g/mol. The van der Waals surface area contributed by atoms with Crippen LogP contribution in [-0.2, 0) is 19.6 Å². The number of anilines is 2. The standard InChI is InChI=1S/C52H63FN10O8S/c1-35(2)41-6-3-4-7-42(41)44-8-5-17-62(44)38-29-51(30-38)12-18-60(19-13-51)37-27-46(71-39-26-36-11-16-54-49(36)56-32-39)48(55-31-37)50(65)58-72(68,69)40-9-10-43(45(28-40)63(66)67)57-34-52(53)14-20-61(21-15-52)47(64)33-59-22-24-70-25-23-59/h3-4,6-7,9-11,16,26-28,31-32,35,38,44,57H,5,8,12-15,17-25,29-30,33-34H2,1-2H3,(H,54,56)(H,58,65). The lowest BCUT2D eigenvalue weighted by Crippen LogP contribution is -2.55. The third-order valence-corrected chi connectivity index (χ3v) is 17.0. The average Bonchev–Trinajstić information content (AvgIpc) is 4.06. The number of piperidine rings is 2. The number of benzene rings is 2. The Hall–Kier alpha value is -6.22. The lowest BCUT2D eigenvalue weighted by atomic mass is 9.59. The summed E-state index contributed by atoms with van der Waals surface area (Å²) in [7, 11) is -4.72. The van der Waals surface area contributed by atoms with Crippen LogP contribution in [0.15, 0.2) is 84.1 Å². The fourth-order valence-corrected chi connectivity index (χ4v) is 12.5. The van der Waals surface area contributed by atoms with Crippen LogP contribution >= 0.6 is 0 Å². The van der Waals surface area contributed by atoms with Crippen molar-refractivity contribution in [1.29, 1.82) is 0 Å². The fourth-order valence-electron chi connectivity index (χ4n) is 11.5. The summed E-state index contributed by atoms with van der Waals surface area (Å²) in [5.41, 5.74) is 1.71. The van der Waals surface area contributed by atoms with Gasteiger partial charge in [-0.2, -0.15) is 0 Å². The molecule has 5 aromatic rings. The number of morpholine rings is 1. The van der Waals surface area contributed by atoms with Gasteiger partial charge in [0.05, 0.1) is 47.7 Å². The van der Waals surface area contributed by atoms with Crippen LogP contribution < -0.4 is 19.7 Å². The summed E-state index contributed by atoms with van der Waals surface area (Å²) in [5, 5.41) is 15.9. The van der Waals surface area contributed by atoms with Gasteiger partial charge in [0.25, 0.3) is 21.6 Å². The molecule has 3 N–H and O–H groups in total. The maximum atomic E-state index is 16.0. The van der Waals surface area contributed by atoms with E-state index in [4.69, 9.17) is 9.47 Å². The Morgan fingerprint density at radius 3 is 2.47 bits per heavy atom. The molecule has 20 heteroatoms. The molecule has 0 radical (unpaired) electrons. The first-order valence-corrected chi connectivity index (χ1v) is 26.7. The monoisotopic (exact) mass is 1010 g/mol. The van der Waals surface area contributed by atoms with Crippen molar-refractivity contribution in [1.82, 2.24) is 34.4 Å². The second kappa shape index (κ2) is 20.4. The van der Waals surface area contributed by atoms with Crippen LogP contribution in [0, 0.1) is 15.5 Å². The quantitative estimate of drug-likeness (QED) is 0.0684. The van der Waals surface area contributed by atoms with Gasteiger partial charge < -0.3 is 29.6 Å². The molecular formula is C52H63FN10O8S. The summed E-state index contributed by atoms with van der Waals surface area (Å²) >= 11 is 0. The molecule has 1 saturated carbocycles. The molecule has 10 rings (SSSR count). The van der Waals surface area contributed by atoms with Crippen LogP contribution in [0.5, 0.6) is 11.5 Å². The zero-order valence-electron chi connectivity index (χ0n) is 40.9. The molecule has 18 nitrogen and oxygen atoms in total. The Labute approximate surface area is 418 Å². The molecule has 5 aliphatic rings. The van der Waals surface area contributed by atoms with Crippen LogP contribution in [0.4, 0.5) is 21.5 Å². The van der Waals surface area contributed by atoms with Crippen molar-refractivity contribution in [2.75, 3.05) is 82.3 Å². The topological polar surface area (TPSA) is 208 Å². The highest BCUT2D eigenvalue weighted by Crippen LogP contribution is 2.54. The second-order valence-electron chi connectivity index (χ2n) is 20.6. The number of fused-ring (bicyclic) bond motifs is 1. The molecule has 4 saturated heterocycles. The molecule has 1 aliphatic carbocycles. The number of nitrogens with one attached hydrogen (secondary N) is 3. The van der Waals surface area contributed by atoms with Crippen LogP contribution in [0.1, 0.15) is 98.8 Å². The van der Waals surface area contributed by atoms with Crippen molar-refractivity contribution >= 4 is 49.9 Å². The summed E-state index contributed by atoms with van der Waals surface area (Å²) in [5.74, 6) is -0.426. The van der Waals surface area contributed by atoms with Crippen molar-refractivity contribution in [3.8, 4) is 11.5 Å². The summed E-state index contributed by atoms with van der Waals surface area (Å²) in [6.07, 6.45) is 11.5. The predicted octanol–water partition coefficient (Wildman–Crippen LogP) is 7.56. The van der Waals surface area contributed by atoms with Crippen LogP contribution in [0.25, 0.3) is 11.0 Å². The lowest BCUT2D eigenvalue weighted by Gasteiger charge is -2.56. The predicted molar refractivity (Wildman–Crippen MR) is 270 cm³/mol. The van der Waals surface area contributed by atoms with Crippen molar-refractivity contribution in [2.24, 2.45) is 5.41 Å². The highest BCUT2D eigenvalue weighted by molar-refractivity contribution is 7.90. The zero-order chi connectivity index (χ0) is 50.2. The first-order chi connectivity index (χ1) is 34.6. The molecule has 0 bridgehead atoms. The third-order valence-electron chi connectivity index (χ3n) is 15.7. The number of hydrogen-bond acceptors (Lipinski definition) is 14. The number of amides is 2. The van der Waals surface area contributed by atoms with Gasteiger partial charge in [-0.3, -0.25) is 29.5 Å². The number of sulfonamides is 1. The average molecular weight is 1010 g/mol. The number of aromatic nitrogens is 3. The molecule has 2 amide bonds. The maximum Gasteiger partial charge on any atom is 0.293 e. The molecule has 5 fully saturated rings. The molecule has 4 aliphatic heterocycles. The van der Waals surface area contributed by atoms with E-state index in [9.17, 15) is 28.1 Å². The fraction of sp³-hybridized carbons (Fsp3) is 0.500. The van der Waals surface area contributed by atoms with Gasteiger partial charge in [0.15, 0.2) is 11.4 Å². The van der Waals surface area contributed by atoms with Crippen LogP contribution in [0.2, 0.25) is 0 Å². The normalized spacial score (nSPS) is 20.7. The molecule has 7 heterocycles. The number of H-pyrrole nitrogens is 1. The van der Waals surface area contributed by atoms with Gasteiger partial charge in [0, 0.05) is 94.5 Å². The molecule has 3 aromatic heterocycles. The minimum Gasteiger partial charge on any atom is -0.453 e. The Bertz CT molecular complexity index is 2920. The van der Waals surface area contributed by atoms with Crippen molar-refractivity contribution < 1.29 is 36.8 Å². The number of nitro groups is 1. The molecule has 1 unspecified atom stereocenters. The van der Waals surface area contributed by atoms with E-state index in [-0.39, 0.29) is 67.5 Å². The first kappa shape index (κ1) is 49.4. The van der Waals surface area contributed by atoms with Crippen LogP contribution in [-0.4, -0.2) is 139 Å². The lowest BCUT2D eigenvalue weighted by molar-refractivity contribution is -0.384. The Balaban J connectivity index is 0.801. The number of halogens is 1. The number of alkyl halides is 1. The van der Waals surface area contributed by atoms with Gasteiger partial charge in [-0.25, -0.2) is 27.5 Å². The van der Waals surface area contributed by atoms with E-state index in [1.807, 2.05) is 15.7 Å². The van der Waals surface area contributed by atoms with Gasteiger partial charge in [-0.15, -0.1) is 0 Å². The number of pyridine rings is 2. The van der Waals surface area contributed by atoms with Gasteiger partial charge in [0.1, 0.15) is 22.8 Å². The number of nitro benzene ring substituents is 1. The van der Waals surface area contributed by atoms with Gasteiger partial charge >= 0.3 is 0 Å². The summed E-state index contributed by atoms with van der Waals surface area (Å²) in [6, 6.07) is 18.3. The van der Waals surface area contributed by atoms with E-state index in [1.165, 1.54) is 36.2 Å². The number of carbonyl (C=O) groups is 2. The Morgan fingerprint density at radius 1 is 0.958 bits per heavy atom. The minimum atomic E-state index is -4.72. The minimum absolute atomic E-state index is 0.000570. The van der Waals surface area contributed by atoms with E-state index < -0.39 is 37.1 Å². The summed E-state index contributed by atoms with van der Waals surface area (Å²) in [6.45, 7) is 9.97. The van der Waals surface area contributed by atoms with Gasteiger partial charge in [-0.1, -0.05) is 38.1 Å². The molecule has 72 heavy (non-hydrogen) atoms. The van der Waals surface area contributed by atoms with E-state index in [0.29, 0.717) is 61.4 Å². The van der Waals surface area contributed by atoms with E-state index >= 15 is 4.39 Å². The Kier molecular flexibility index (Phi) is 14.0. The highest BCUT2D eigenvalue weighted by atomic mass is 32.2. The smallest absolute Gasteiger partial charge is 0.293 e. The van der Waals surface area contributed by atoms with E-state index in [0.717, 1.165) is 62.8 Å². The number of rotatable bonds is 15. The van der Waals surface area contributed by atoms with Crippen molar-refractivity contribution in [2.45, 2.75) is 93.8 Å². The SMILES string of the molecule is CC(C)c1ccccc1C1CCCN1C1CC2(CCN(c3cnc(C(=O)NS(=O)(=O)c4ccc(NCC5(F)CCN(C(=O)CN6CCOCC6)CC5)c([N+](=O)[O-])c4)c(Oc4cnc5[nH]ccc5c4)c3)CC2)C1. The number of hydrogen-bond donors (Lipinski definition) is 3. The molecule has 382 valence electrons. The summed E-state index contributed by atoms with van der Waals surface area (Å²) < 4.78 is 57.4. The molecule has 1 atom stereocenters. The van der Waals surface area contributed by atoms with Crippen molar-refractivity contribution in [3.05, 3.63) is 106 Å². The third kappa shape index (κ3) is 10.5. The second-order valence-corrected chi connectivity index (χ2v) is 22.3. The van der Waals surface area contributed by atoms with Crippen molar-refractivity contribution in [3.63, 3.8) is 0 Å². The number of nitrogens with zero attached hydrogens (tertiary/aromatic N) is 7. The number of carbonyl (C=O) groups excluding carboxylic acids is 2. The van der Waals surface area contributed by atoms with Gasteiger partial charge in [-0.05, 0) is 91.8 Å². The van der Waals surface area contributed by atoms with Gasteiger partial charge in [0.2, 0.25) is 5.91 Å². The molecule has 1 spiro atoms. The van der Waals surface area contributed by atoms with E-state index in [2.05, 4.69) is 68.2 Å². The summed E-state index contributed by atoms with van der Waals surface area (Å²) in [4.78, 5) is 58.4. The van der Waals surface area contributed by atoms with E-state index in [1.54, 1.807) is 29.4 Å². The first-order valence-electron chi connectivity index (χ1n) is 25.2.